The van der Waals surface area contributed by atoms with Gasteiger partial charge in [0.1, 0.15) is 6.54 Å². The van der Waals surface area contributed by atoms with Gasteiger partial charge >= 0.3 is 0 Å². The molecule has 0 spiro atoms. The molecule has 2 heterocycles. The van der Waals surface area contributed by atoms with Crippen molar-refractivity contribution in [2.75, 3.05) is 18.2 Å². The van der Waals surface area contributed by atoms with E-state index in [0.29, 0.717) is 13.3 Å². The molecule has 0 N–H and O–H groups in total. The van der Waals surface area contributed by atoms with Crippen molar-refractivity contribution in [2.45, 2.75) is 0 Å². The monoisotopic (exact) mass is 239 g/mol. The standard InChI is InChI=1S/C8H6BrN3O/c9-6-3-7-8(11-4-6)12(2-1-10)5-13-7/h3-4H,2,5H2. The molecule has 0 aromatic carbocycles. The van der Waals surface area contributed by atoms with Gasteiger partial charge in [-0.1, -0.05) is 0 Å². The zero-order chi connectivity index (χ0) is 9.26. The third-order valence-electron chi connectivity index (χ3n) is 1.74. The summed E-state index contributed by atoms with van der Waals surface area (Å²) in [6, 6.07) is 3.91. The molecule has 2 rings (SSSR count). The van der Waals surface area contributed by atoms with E-state index in [9.17, 15) is 0 Å². The lowest BCUT2D eigenvalue weighted by Gasteiger charge is -2.09. The highest BCUT2D eigenvalue weighted by Gasteiger charge is 2.21. The molecule has 1 aliphatic rings. The molecule has 0 fully saturated rings. The van der Waals surface area contributed by atoms with Crippen molar-refractivity contribution in [3.63, 3.8) is 0 Å². The van der Waals surface area contributed by atoms with Crippen LogP contribution in [0.1, 0.15) is 0 Å². The molecule has 1 aromatic rings. The van der Waals surface area contributed by atoms with Crippen LogP contribution in [0.4, 0.5) is 5.82 Å². The lowest BCUT2D eigenvalue weighted by atomic mass is 10.4. The zero-order valence-electron chi connectivity index (χ0n) is 6.70. The summed E-state index contributed by atoms with van der Waals surface area (Å²) in [6.07, 6.45) is 1.69. The number of pyridine rings is 1. The van der Waals surface area contributed by atoms with Crippen LogP contribution in [-0.2, 0) is 0 Å². The number of halogens is 1. The van der Waals surface area contributed by atoms with E-state index in [1.54, 1.807) is 11.1 Å². The average molecular weight is 240 g/mol. The van der Waals surface area contributed by atoms with Gasteiger partial charge in [-0.15, -0.1) is 0 Å². The minimum Gasteiger partial charge on any atom is -0.469 e. The van der Waals surface area contributed by atoms with Crippen molar-refractivity contribution in [3.8, 4) is 11.8 Å². The maximum atomic E-state index is 8.52. The van der Waals surface area contributed by atoms with E-state index in [1.165, 1.54) is 0 Å². The highest BCUT2D eigenvalue weighted by atomic mass is 79.9. The second-order valence-electron chi connectivity index (χ2n) is 2.60. The molecule has 0 amide bonds. The van der Waals surface area contributed by atoms with Crippen LogP contribution in [0.15, 0.2) is 16.7 Å². The molecular formula is C8H6BrN3O. The Morgan fingerprint density at radius 1 is 1.77 bits per heavy atom. The molecule has 0 bridgehead atoms. The molecule has 13 heavy (non-hydrogen) atoms. The Hall–Kier alpha value is -1.28. The Labute approximate surface area is 83.9 Å². The molecule has 1 aliphatic heterocycles. The molecule has 4 nitrogen and oxygen atoms in total. The van der Waals surface area contributed by atoms with Crippen LogP contribution in [0.2, 0.25) is 0 Å². The molecule has 0 unspecified atom stereocenters. The summed E-state index contributed by atoms with van der Waals surface area (Å²) in [5.74, 6) is 1.47. The van der Waals surface area contributed by atoms with Crippen LogP contribution in [0, 0.1) is 11.3 Å². The van der Waals surface area contributed by atoms with Crippen molar-refractivity contribution in [2.24, 2.45) is 0 Å². The maximum absolute atomic E-state index is 8.52. The predicted octanol–water partition coefficient (Wildman–Crippen LogP) is 1.52. The third kappa shape index (κ3) is 1.45. The van der Waals surface area contributed by atoms with Crippen LogP contribution in [0.25, 0.3) is 0 Å². The molecule has 0 saturated carbocycles. The zero-order valence-corrected chi connectivity index (χ0v) is 8.28. The third-order valence-corrected chi connectivity index (χ3v) is 2.17. The summed E-state index contributed by atoms with van der Waals surface area (Å²) >= 11 is 3.30. The molecule has 0 radical (unpaired) electrons. The first-order valence-electron chi connectivity index (χ1n) is 3.71. The average Bonchev–Trinajstić information content (AvgIpc) is 2.49. The maximum Gasteiger partial charge on any atom is 0.175 e. The number of nitrogens with zero attached hydrogens (tertiary/aromatic N) is 3. The number of anilines is 1. The quantitative estimate of drug-likeness (QED) is 0.698. The van der Waals surface area contributed by atoms with Gasteiger partial charge in [-0.3, -0.25) is 0 Å². The Bertz CT molecular complexity index is 374. The van der Waals surface area contributed by atoms with Gasteiger partial charge in [-0.2, -0.15) is 5.26 Å². The topological polar surface area (TPSA) is 49.2 Å². The fourth-order valence-electron chi connectivity index (χ4n) is 1.17. The summed E-state index contributed by atoms with van der Waals surface area (Å²) < 4.78 is 6.21. The number of ether oxygens (including phenoxy) is 1. The Morgan fingerprint density at radius 3 is 3.38 bits per heavy atom. The first-order chi connectivity index (χ1) is 6.31. The van der Waals surface area contributed by atoms with Crippen molar-refractivity contribution in [1.29, 1.82) is 5.26 Å². The summed E-state index contributed by atoms with van der Waals surface area (Å²) in [6.45, 7) is 0.716. The molecule has 1 aromatic heterocycles. The number of rotatable bonds is 1. The Morgan fingerprint density at radius 2 is 2.62 bits per heavy atom. The van der Waals surface area contributed by atoms with Gasteiger partial charge < -0.3 is 9.64 Å². The van der Waals surface area contributed by atoms with Gasteiger partial charge in [0.15, 0.2) is 18.3 Å². The fourth-order valence-corrected chi connectivity index (χ4v) is 1.48. The van der Waals surface area contributed by atoms with Crippen LogP contribution in [-0.4, -0.2) is 18.3 Å². The number of hydrogen-bond acceptors (Lipinski definition) is 4. The lowest BCUT2D eigenvalue weighted by molar-refractivity contribution is 0.350. The van der Waals surface area contributed by atoms with Crippen molar-refractivity contribution in [1.82, 2.24) is 4.98 Å². The minimum atomic E-state index is 0.307. The number of aromatic nitrogens is 1. The minimum absolute atomic E-state index is 0.307. The van der Waals surface area contributed by atoms with Crippen LogP contribution >= 0.6 is 15.9 Å². The number of fused-ring (bicyclic) bond motifs is 1. The first kappa shape index (κ1) is 8.32. The smallest absolute Gasteiger partial charge is 0.175 e. The molecular weight excluding hydrogens is 234 g/mol. The van der Waals surface area contributed by atoms with Crippen molar-refractivity contribution >= 4 is 21.7 Å². The summed E-state index contributed by atoms with van der Waals surface area (Å²) in [7, 11) is 0. The van der Waals surface area contributed by atoms with E-state index in [1.807, 2.05) is 6.07 Å². The van der Waals surface area contributed by atoms with E-state index in [0.717, 1.165) is 16.0 Å². The second kappa shape index (κ2) is 3.23. The highest BCUT2D eigenvalue weighted by molar-refractivity contribution is 9.10. The summed E-state index contributed by atoms with van der Waals surface area (Å²) in [4.78, 5) is 5.94. The Kier molecular flexibility index (Phi) is 2.07. The van der Waals surface area contributed by atoms with Crippen molar-refractivity contribution < 1.29 is 4.74 Å². The van der Waals surface area contributed by atoms with Crippen LogP contribution in [0.5, 0.6) is 5.75 Å². The van der Waals surface area contributed by atoms with Crippen LogP contribution < -0.4 is 9.64 Å². The van der Waals surface area contributed by atoms with E-state index >= 15 is 0 Å². The molecule has 5 heteroatoms. The van der Waals surface area contributed by atoms with Gasteiger partial charge in [0.25, 0.3) is 0 Å². The van der Waals surface area contributed by atoms with Crippen LogP contribution in [0.3, 0.4) is 0 Å². The van der Waals surface area contributed by atoms with Gasteiger partial charge in [0, 0.05) is 10.7 Å². The summed E-state index contributed by atoms with van der Waals surface area (Å²) in [5.41, 5.74) is 0. The first-order valence-corrected chi connectivity index (χ1v) is 4.51. The second-order valence-corrected chi connectivity index (χ2v) is 3.52. The molecule has 0 saturated heterocycles. The van der Waals surface area contributed by atoms with E-state index in [2.05, 4.69) is 27.0 Å². The Balaban J connectivity index is 2.34. The van der Waals surface area contributed by atoms with E-state index < -0.39 is 0 Å². The lowest BCUT2D eigenvalue weighted by Crippen LogP contribution is -2.22. The van der Waals surface area contributed by atoms with Gasteiger partial charge in [-0.25, -0.2) is 4.98 Å². The normalized spacial score (nSPS) is 13.4. The van der Waals surface area contributed by atoms with Crippen molar-refractivity contribution in [3.05, 3.63) is 16.7 Å². The van der Waals surface area contributed by atoms with E-state index in [-0.39, 0.29) is 0 Å². The van der Waals surface area contributed by atoms with E-state index in [4.69, 9.17) is 10.00 Å². The molecule has 0 atom stereocenters. The van der Waals surface area contributed by atoms with Gasteiger partial charge in [-0.05, 0) is 22.0 Å². The summed E-state index contributed by atoms with van der Waals surface area (Å²) in [5, 5.41) is 8.52. The highest BCUT2D eigenvalue weighted by Crippen LogP contribution is 2.33. The predicted molar refractivity (Wildman–Crippen MR) is 50.4 cm³/mol. The number of nitriles is 1. The van der Waals surface area contributed by atoms with Gasteiger partial charge in [0.2, 0.25) is 0 Å². The molecule has 0 aliphatic carbocycles. The SMILES string of the molecule is N#CCN1COc2cc(Br)cnc21. The largest absolute Gasteiger partial charge is 0.469 e. The molecule has 66 valence electrons. The number of hydrogen-bond donors (Lipinski definition) is 0. The van der Waals surface area contributed by atoms with Gasteiger partial charge in [0.05, 0.1) is 6.07 Å². The fraction of sp³-hybridized carbons (Fsp3) is 0.250.